The van der Waals surface area contributed by atoms with Gasteiger partial charge in [-0.25, -0.2) is 0 Å². The van der Waals surface area contributed by atoms with Gasteiger partial charge in [-0.3, -0.25) is 0 Å². The largest absolute Gasteiger partial charge is 0.330 e. The molecule has 0 saturated carbocycles. The number of nitrogens with two attached hydrogens (primary N) is 1. The van der Waals surface area contributed by atoms with Crippen LogP contribution in [0.2, 0.25) is 0 Å². The molecule has 0 spiro atoms. The Labute approximate surface area is 130 Å². The van der Waals surface area contributed by atoms with Gasteiger partial charge in [0.2, 0.25) is 0 Å². The van der Waals surface area contributed by atoms with Crippen molar-refractivity contribution in [2.24, 2.45) is 23.5 Å². The van der Waals surface area contributed by atoms with E-state index < -0.39 is 10.2 Å². The molecule has 0 bridgehead atoms. The van der Waals surface area contributed by atoms with Crippen molar-refractivity contribution >= 4 is 10.2 Å². The van der Waals surface area contributed by atoms with Crippen LogP contribution in [-0.2, 0) is 10.2 Å². The Morgan fingerprint density at radius 2 is 1.57 bits per heavy atom. The van der Waals surface area contributed by atoms with Gasteiger partial charge in [-0.1, -0.05) is 13.8 Å². The summed E-state index contributed by atoms with van der Waals surface area (Å²) < 4.78 is 29.0. The summed E-state index contributed by atoms with van der Waals surface area (Å²) in [5.41, 5.74) is 5.69. The van der Waals surface area contributed by atoms with Gasteiger partial charge in [0.25, 0.3) is 10.2 Å². The zero-order valence-corrected chi connectivity index (χ0v) is 14.3. The fraction of sp³-hybridized carbons (Fsp3) is 1.00. The van der Waals surface area contributed by atoms with Gasteiger partial charge in [0.15, 0.2) is 0 Å². The summed E-state index contributed by atoms with van der Waals surface area (Å²) >= 11 is 0. The standard InChI is InChI=1S/C15H31N3O2S/c1-13(2)15-4-3-8-17(11-7-15)21(19,20)18-9-5-14(12-16)6-10-18/h13-15H,3-12,16H2,1-2H3. The first-order valence-corrected chi connectivity index (χ1v) is 9.80. The lowest BCUT2D eigenvalue weighted by atomic mass is 9.89. The third-order valence-corrected chi connectivity index (χ3v) is 7.27. The van der Waals surface area contributed by atoms with Crippen LogP contribution < -0.4 is 5.73 Å². The summed E-state index contributed by atoms with van der Waals surface area (Å²) in [6.07, 6.45) is 4.94. The highest BCUT2D eigenvalue weighted by Gasteiger charge is 2.34. The molecule has 2 rings (SSSR count). The van der Waals surface area contributed by atoms with Crippen molar-refractivity contribution in [2.75, 3.05) is 32.7 Å². The van der Waals surface area contributed by atoms with E-state index >= 15 is 0 Å². The van der Waals surface area contributed by atoms with Gasteiger partial charge in [-0.2, -0.15) is 17.0 Å². The SMILES string of the molecule is CC(C)C1CCCN(S(=O)(=O)N2CCC(CN)CC2)CC1. The first-order valence-electron chi connectivity index (χ1n) is 8.40. The van der Waals surface area contributed by atoms with Gasteiger partial charge in [-0.05, 0) is 56.4 Å². The summed E-state index contributed by atoms with van der Waals surface area (Å²) in [4.78, 5) is 0. The molecule has 0 aromatic carbocycles. The predicted octanol–water partition coefficient (Wildman–Crippen LogP) is 1.66. The first-order chi connectivity index (χ1) is 9.95. The van der Waals surface area contributed by atoms with E-state index in [-0.39, 0.29) is 0 Å². The lowest BCUT2D eigenvalue weighted by molar-refractivity contribution is 0.256. The molecule has 5 nitrogen and oxygen atoms in total. The van der Waals surface area contributed by atoms with E-state index in [1.165, 1.54) is 0 Å². The van der Waals surface area contributed by atoms with Crippen molar-refractivity contribution in [1.29, 1.82) is 0 Å². The number of piperidine rings is 1. The quantitative estimate of drug-likeness (QED) is 0.857. The van der Waals surface area contributed by atoms with Crippen LogP contribution in [0.5, 0.6) is 0 Å². The second-order valence-corrected chi connectivity index (χ2v) is 8.85. The van der Waals surface area contributed by atoms with Crippen LogP contribution in [0.1, 0.15) is 46.0 Å². The first kappa shape index (κ1) is 17.2. The van der Waals surface area contributed by atoms with Crippen LogP contribution in [0.4, 0.5) is 0 Å². The fourth-order valence-electron chi connectivity index (χ4n) is 3.53. The fourth-order valence-corrected chi connectivity index (χ4v) is 5.23. The molecule has 6 heteroatoms. The van der Waals surface area contributed by atoms with Gasteiger partial charge in [-0.15, -0.1) is 0 Å². The van der Waals surface area contributed by atoms with Crippen molar-refractivity contribution in [3.63, 3.8) is 0 Å². The second kappa shape index (κ2) is 7.40. The molecular weight excluding hydrogens is 286 g/mol. The van der Waals surface area contributed by atoms with Crippen molar-refractivity contribution < 1.29 is 8.42 Å². The molecule has 2 aliphatic heterocycles. The Hall–Kier alpha value is -0.170. The molecule has 2 heterocycles. The molecule has 2 saturated heterocycles. The third-order valence-electron chi connectivity index (χ3n) is 5.23. The van der Waals surface area contributed by atoms with E-state index in [2.05, 4.69) is 13.8 Å². The lowest BCUT2D eigenvalue weighted by Gasteiger charge is -2.34. The zero-order chi connectivity index (χ0) is 15.5. The Morgan fingerprint density at radius 3 is 2.14 bits per heavy atom. The van der Waals surface area contributed by atoms with Crippen LogP contribution in [0, 0.1) is 17.8 Å². The number of rotatable bonds is 4. The van der Waals surface area contributed by atoms with Gasteiger partial charge in [0, 0.05) is 26.2 Å². The highest BCUT2D eigenvalue weighted by Crippen LogP contribution is 2.27. The molecule has 1 atom stereocenters. The minimum absolute atomic E-state index is 0.492. The zero-order valence-electron chi connectivity index (χ0n) is 13.5. The molecule has 21 heavy (non-hydrogen) atoms. The molecule has 124 valence electrons. The van der Waals surface area contributed by atoms with E-state index in [4.69, 9.17) is 5.73 Å². The Kier molecular flexibility index (Phi) is 6.05. The average Bonchev–Trinajstić information content (AvgIpc) is 2.73. The molecule has 2 fully saturated rings. The minimum atomic E-state index is -3.26. The van der Waals surface area contributed by atoms with Gasteiger partial charge in [0.1, 0.15) is 0 Å². The Bertz CT molecular complexity index is 417. The van der Waals surface area contributed by atoms with Gasteiger partial charge in [0.05, 0.1) is 0 Å². The summed E-state index contributed by atoms with van der Waals surface area (Å²) in [5, 5.41) is 0. The molecular formula is C15H31N3O2S. The number of hydrogen-bond donors (Lipinski definition) is 1. The van der Waals surface area contributed by atoms with Crippen molar-refractivity contribution in [2.45, 2.75) is 46.0 Å². The number of nitrogens with zero attached hydrogens (tertiary/aromatic N) is 2. The van der Waals surface area contributed by atoms with Crippen LogP contribution >= 0.6 is 0 Å². The smallest absolute Gasteiger partial charge is 0.281 e. The van der Waals surface area contributed by atoms with Crippen LogP contribution in [0.15, 0.2) is 0 Å². The third kappa shape index (κ3) is 4.18. The van der Waals surface area contributed by atoms with E-state index in [0.717, 1.165) is 32.1 Å². The predicted molar refractivity (Wildman–Crippen MR) is 86.0 cm³/mol. The average molecular weight is 317 g/mol. The van der Waals surface area contributed by atoms with Crippen LogP contribution in [-0.4, -0.2) is 49.8 Å². The highest BCUT2D eigenvalue weighted by atomic mass is 32.2. The minimum Gasteiger partial charge on any atom is -0.330 e. The second-order valence-electron chi connectivity index (χ2n) is 6.92. The monoisotopic (exact) mass is 317 g/mol. The molecule has 0 aliphatic carbocycles. The summed E-state index contributed by atoms with van der Waals surface area (Å²) in [7, 11) is -3.26. The summed E-state index contributed by atoms with van der Waals surface area (Å²) in [5.74, 6) is 1.80. The van der Waals surface area contributed by atoms with E-state index in [1.54, 1.807) is 8.61 Å². The van der Waals surface area contributed by atoms with E-state index in [1.807, 2.05) is 0 Å². The van der Waals surface area contributed by atoms with Gasteiger partial charge < -0.3 is 5.73 Å². The summed E-state index contributed by atoms with van der Waals surface area (Å²) in [6.45, 7) is 7.79. The van der Waals surface area contributed by atoms with E-state index in [0.29, 0.717) is 50.5 Å². The molecule has 1 unspecified atom stereocenters. The van der Waals surface area contributed by atoms with Crippen molar-refractivity contribution in [3.05, 3.63) is 0 Å². The van der Waals surface area contributed by atoms with E-state index in [9.17, 15) is 8.42 Å². The molecule has 0 aromatic rings. The summed E-state index contributed by atoms with van der Waals surface area (Å²) in [6, 6.07) is 0. The Morgan fingerprint density at radius 1 is 1.00 bits per heavy atom. The maximum absolute atomic E-state index is 12.8. The molecule has 0 aromatic heterocycles. The molecule has 0 amide bonds. The normalized spacial score (nSPS) is 27.9. The highest BCUT2D eigenvalue weighted by molar-refractivity contribution is 7.86. The maximum atomic E-state index is 12.8. The van der Waals surface area contributed by atoms with Crippen LogP contribution in [0.25, 0.3) is 0 Å². The van der Waals surface area contributed by atoms with Gasteiger partial charge >= 0.3 is 0 Å². The van der Waals surface area contributed by atoms with Crippen LogP contribution in [0.3, 0.4) is 0 Å². The lowest BCUT2D eigenvalue weighted by Crippen LogP contribution is -2.48. The maximum Gasteiger partial charge on any atom is 0.281 e. The van der Waals surface area contributed by atoms with Crippen molar-refractivity contribution in [1.82, 2.24) is 8.61 Å². The molecule has 0 radical (unpaired) electrons. The van der Waals surface area contributed by atoms with Crippen molar-refractivity contribution in [3.8, 4) is 0 Å². The Balaban J connectivity index is 1.96. The molecule has 2 aliphatic rings. The topological polar surface area (TPSA) is 66.6 Å². The number of hydrogen-bond acceptors (Lipinski definition) is 3. The molecule has 2 N–H and O–H groups in total.